The Morgan fingerprint density at radius 2 is 1.48 bits per heavy atom. The molecule has 3 heteroatoms. The van der Waals surface area contributed by atoms with Crippen LogP contribution in [-0.2, 0) is 12.8 Å². The van der Waals surface area contributed by atoms with Crippen LogP contribution >= 0.6 is 12.2 Å². The highest BCUT2D eigenvalue weighted by atomic mass is 32.1. The van der Waals surface area contributed by atoms with Crippen LogP contribution in [-0.4, -0.2) is 5.11 Å². The molecule has 2 aromatic carbocycles. The van der Waals surface area contributed by atoms with Crippen molar-refractivity contribution in [1.29, 1.82) is 0 Å². The van der Waals surface area contributed by atoms with E-state index in [0.29, 0.717) is 5.11 Å². The molecular formula is C22H30N2S. The van der Waals surface area contributed by atoms with Gasteiger partial charge < -0.3 is 10.6 Å². The van der Waals surface area contributed by atoms with Gasteiger partial charge in [0.05, 0.1) is 6.04 Å². The van der Waals surface area contributed by atoms with Gasteiger partial charge in [0, 0.05) is 5.69 Å². The van der Waals surface area contributed by atoms with Crippen LogP contribution in [0.5, 0.6) is 0 Å². The van der Waals surface area contributed by atoms with Gasteiger partial charge >= 0.3 is 0 Å². The fraction of sp³-hybridized carbons (Fsp3) is 0.409. The molecule has 0 heterocycles. The Hall–Kier alpha value is -1.87. The zero-order chi connectivity index (χ0) is 18.1. The van der Waals surface area contributed by atoms with Crippen molar-refractivity contribution < 1.29 is 0 Å². The van der Waals surface area contributed by atoms with Crippen LogP contribution in [0.4, 0.5) is 5.69 Å². The lowest BCUT2D eigenvalue weighted by atomic mass is 10.0. The van der Waals surface area contributed by atoms with Crippen LogP contribution < -0.4 is 10.6 Å². The Morgan fingerprint density at radius 3 is 2.08 bits per heavy atom. The first-order chi connectivity index (χ1) is 12.1. The van der Waals surface area contributed by atoms with Gasteiger partial charge in [-0.05, 0) is 67.2 Å². The number of hydrogen-bond acceptors (Lipinski definition) is 1. The fourth-order valence-corrected chi connectivity index (χ4v) is 3.14. The fourth-order valence-electron chi connectivity index (χ4n) is 2.84. The van der Waals surface area contributed by atoms with E-state index in [1.54, 1.807) is 0 Å². The van der Waals surface area contributed by atoms with E-state index >= 15 is 0 Å². The molecule has 2 N–H and O–H groups in total. The Morgan fingerprint density at radius 1 is 0.880 bits per heavy atom. The number of thiocarbonyl (C=S) groups is 1. The smallest absolute Gasteiger partial charge is 0.171 e. The summed E-state index contributed by atoms with van der Waals surface area (Å²) in [6.45, 7) is 6.56. The number of hydrogen-bond donors (Lipinski definition) is 2. The molecule has 2 rings (SSSR count). The molecule has 134 valence electrons. The number of benzene rings is 2. The van der Waals surface area contributed by atoms with E-state index in [-0.39, 0.29) is 6.04 Å². The van der Waals surface area contributed by atoms with Crippen molar-refractivity contribution in [3.05, 3.63) is 65.2 Å². The topological polar surface area (TPSA) is 24.1 Å². The number of nitrogens with one attached hydrogen (secondary N) is 2. The first-order valence-electron chi connectivity index (χ1n) is 9.37. The molecule has 0 aliphatic rings. The third-order valence-corrected chi connectivity index (χ3v) is 4.62. The monoisotopic (exact) mass is 354 g/mol. The number of aryl methyl sites for hydroxylation is 2. The van der Waals surface area contributed by atoms with Crippen molar-refractivity contribution in [3.63, 3.8) is 0 Å². The van der Waals surface area contributed by atoms with Gasteiger partial charge in [0.1, 0.15) is 0 Å². The third-order valence-electron chi connectivity index (χ3n) is 4.40. The van der Waals surface area contributed by atoms with Gasteiger partial charge in [-0.25, -0.2) is 0 Å². The molecule has 0 bridgehead atoms. The second kappa shape index (κ2) is 10.2. The van der Waals surface area contributed by atoms with Crippen molar-refractivity contribution in [2.75, 3.05) is 5.32 Å². The maximum absolute atomic E-state index is 5.46. The summed E-state index contributed by atoms with van der Waals surface area (Å²) >= 11 is 5.46. The highest BCUT2D eigenvalue weighted by Gasteiger charge is 2.07. The van der Waals surface area contributed by atoms with Crippen molar-refractivity contribution in [2.45, 2.75) is 58.9 Å². The molecule has 0 fully saturated rings. The van der Waals surface area contributed by atoms with E-state index in [1.807, 2.05) is 0 Å². The molecule has 0 spiro atoms. The number of rotatable bonds is 8. The second-order valence-electron chi connectivity index (χ2n) is 6.61. The maximum Gasteiger partial charge on any atom is 0.171 e. The highest BCUT2D eigenvalue weighted by molar-refractivity contribution is 7.80. The molecule has 0 saturated carbocycles. The summed E-state index contributed by atoms with van der Waals surface area (Å²) in [6.07, 6.45) is 5.92. The third kappa shape index (κ3) is 6.50. The molecule has 0 aliphatic heterocycles. The Kier molecular flexibility index (Phi) is 7.93. The van der Waals surface area contributed by atoms with E-state index in [0.717, 1.165) is 18.5 Å². The van der Waals surface area contributed by atoms with Gasteiger partial charge in [-0.15, -0.1) is 0 Å². The van der Waals surface area contributed by atoms with Gasteiger partial charge in [-0.3, -0.25) is 0 Å². The predicted molar refractivity (Wildman–Crippen MR) is 113 cm³/mol. The van der Waals surface area contributed by atoms with Crippen LogP contribution in [0.1, 0.15) is 62.8 Å². The minimum absolute atomic E-state index is 0.180. The van der Waals surface area contributed by atoms with Crippen molar-refractivity contribution in [2.24, 2.45) is 0 Å². The average Bonchev–Trinajstić information content (AvgIpc) is 2.62. The molecule has 0 amide bonds. The summed E-state index contributed by atoms with van der Waals surface area (Å²) in [4.78, 5) is 0. The standard InChI is InChI=1S/C22H30N2S/c1-4-6-8-19-11-15-21(16-12-19)24-22(25)23-17(3)20-13-9-18(7-5-2)10-14-20/h9-17H,4-8H2,1-3H3,(H2,23,24,25). The van der Waals surface area contributed by atoms with Crippen LogP contribution in [0.15, 0.2) is 48.5 Å². The lowest BCUT2D eigenvalue weighted by Crippen LogP contribution is -2.30. The zero-order valence-corrected chi connectivity index (χ0v) is 16.5. The maximum atomic E-state index is 5.46. The summed E-state index contributed by atoms with van der Waals surface area (Å²) < 4.78 is 0. The first-order valence-corrected chi connectivity index (χ1v) is 9.78. The van der Waals surface area contributed by atoms with E-state index < -0.39 is 0 Å². The lowest BCUT2D eigenvalue weighted by Gasteiger charge is -2.18. The Balaban J connectivity index is 1.86. The molecule has 2 aromatic rings. The summed E-state index contributed by atoms with van der Waals surface area (Å²) in [5.41, 5.74) is 5.05. The largest absolute Gasteiger partial charge is 0.356 e. The first kappa shape index (κ1) is 19.5. The average molecular weight is 355 g/mol. The summed E-state index contributed by atoms with van der Waals surface area (Å²) in [5, 5.41) is 7.30. The Bertz CT molecular complexity index is 647. The molecule has 0 radical (unpaired) electrons. The van der Waals surface area contributed by atoms with Crippen molar-refractivity contribution in [3.8, 4) is 0 Å². The highest BCUT2D eigenvalue weighted by Crippen LogP contribution is 2.16. The number of unbranched alkanes of at least 4 members (excludes halogenated alkanes) is 1. The quantitative estimate of drug-likeness (QED) is 0.566. The van der Waals surface area contributed by atoms with Crippen molar-refractivity contribution >= 4 is 23.0 Å². The van der Waals surface area contributed by atoms with Crippen LogP contribution in [0.3, 0.4) is 0 Å². The molecule has 0 aliphatic carbocycles. The summed E-state index contributed by atoms with van der Waals surface area (Å²) in [6, 6.07) is 17.5. The molecule has 25 heavy (non-hydrogen) atoms. The zero-order valence-electron chi connectivity index (χ0n) is 15.6. The van der Waals surface area contributed by atoms with Crippen LogP contribution in [0, 0.1) is 0 Å². The second-order valence-corrected chi connectivity index (χ2v) is 7.02. The van der Waals surface area contributed by atoms with E-state index in [4.69, 9.17) is 12.2 Å². The molecule has 0 aromatic heterocycles. The number of anilines is 1. The Labute approximate surface area is 158 Å². The molecule has 0 saturated heterocycles. The van der Waals surface area contributed by atoms with Crippen molar-refractivity contribution in [1.82, 2.24) is 5.32 Å². The normalized spacial score (nSPS) is 11.8. The van der Waals surface area contributed by atoms with E-state index in [1.165, 1.54) is 36.0 Å². The molecule has 1 unspecified atom stereocenters. The molecular weight excluding hydrogens is 324 g/mol. The van der Waals surface area contributed by atoms with Crippen LogP contribution in [0.25, 0.3) is 0 Å². The molecule has 1 atom stereocenters. The SMILES string of the molecule is CCCCc1ccc(NC(=S)NC(C)c2ccc(CCC)cc2)cc1. The summed E-state index contributed by atoms with van der Waals surface area (Å²) in [7, 11) is 0. The van der Waals surface area contributed by atoms with Gasteiger partial charge in [0.2, 0.25) is 0 Å². The van der Waals surface area contributed by atoms with E-state index in [9.17, 15) is 0 Å². The van der Waals surface area contributed by atoms with Gasteiger partial charge in [-0.2, -0.15) is 0 Å². The van der Waals surface area contributed by atoms with E-state index in [2.05, 4.69) is 79.9 Å². The van der Waals surface area contributed by atoms with Gasteiger partial charge in [-0.1, -0.05) is 63.1 Å². The lowest BCUT2D eigenvalue weighted by molar-refractivity contribution is 0.722. The van der Waals surface area contributed by atoms with Gasteiger partial charge in [0.25, 0.3) is 0 Å². The summed E-state index contributed by atoms with van der Waals surface area (Å²) in [5.74, 6) is 0. The van der Waals surface area contributed by atoms with Crippen LogP contribution in [0.2, 0.25) is 0 Å². The minimum Gasteiger partial charge on any atom is -0.356 e. The minimum atomic E-state index is 0.180. The molecule has 2 nitrogen and oxygen atoms in total. The predicted octanol–water partition coefficient (Wildman–Crippen LogP) is 6.03. The van der Waals surface area contributed by atoms with Gasteiger partial charge in [0.15, 0.2) is 5.11 Å².